The number of amides is 1. The molecule has 0 spiro atoms. The fourth-order valence-corrected chi connectivity index (χ4v) is 3.11. The summed E-state index contributed by atoms with van der Waals surface area (Å²) in [4.78, 5) is 12.2. The largest absolute Gasteiger partial charge is 0.352 e. The van der Waals surface area contributed by atoms with Gasteiger partial charge in [0.15, 0.2) is 0 Å². The predicted molar refractivity (Wildman–Crippen MR) is 105 cm³/mol. The average Bonchev–Trinajstić information content (AvgIpc) is 3.07. The third kappa shape index (κ3) is 5.58. The zero-order valence-electron chi connectivity index (χ0n) is 14.8. The Morgan fingerprint density at radius 3 is 2.44 bits per heavy atom. The second kappa shape index (κ2) is 9.59. The first-order valence-electron chi connectivity index (χ1n) is 8.90. The zero-order chi connectivity index (χ0) is 16.8. The minimum Gasteiger partial charge on any atom is -0.352 e. The summed E-state index contributed by atoms with van der Waals surface area (Å²) in [5.74, 6) is 0.0786. The van der Waals surface area contributed by atoms with Crippen molar-refractivity contribution in [3.63, 3.8) is 0 Å². The van der Waals surface area contributed by atoms with Gasteiger partial charge < -0.3 is 10.6 Å². The van der Waals surface area contributed by atoms with Crippen molar-refractivity contribution in [3.05, 3.63) is 70.3 Å². The molecular weight excluding hydrogens is 332 g/mol. The molecule has 1 amide bonds. The van der Waals surface area contributed by atoms with Gasteiger partial charge in [-0.25, -0.2) is 0 Å². The number of unbranched alkanes of at least 4 members (excludes halogenated alkanes) is 1. The van der Waals surface area contributed by atoms with Crippen molar-refractivity contribution in [2.45, 2.75) is 52.2 Å². The summed E-state index contributed by atoms with van der Waals surface area (Å²) in [7, 11) is 0. The molecule has 0 radical (unpaired) electrons. The molecule has 0 saturated carbocycles. The van der Waals surface area contributed by atoms with E-state index in [2.05, 4.69) is 60.0 Å². The van der Waals surface area contributed by atoms with Crippen molar-refractivity contribution in [1.82, 2.24) is 10.6 Å². The van der Waals surface area contributed by atoms with E-state index in [1.54, 1.807) is 0 Å². The number of nitrogens with one attached hydrogen (secondary N) is 2. The highest BCUT2D eigenvalue weighted by Crippen LogP contribution is 2.17. The Morgan fingerprint density at radius 2 is 1.68 bits per heavy atom. The summed E-state index contributed by atoms with van der Waals surface area (Å²) >= 11 is 0. The van der Waals surface area contributed by atoms with Crippen LogP contribution in [0.1, 0.15) is 47.6 Å². The number of hydrogen-bond acceptors (Lipinski definition) is 2. The van der Waals surface area contributed by atoms with Gasteiger partial charge >= 0.3 is 0 Å². The fourth-order valence-electron chi connectivity index (χ4n) is 3.11. The maximum absolute atomic E-state index is 12.2. The molecule has 2 aromatic rings. The van der Waals surface area contributed by atoms with Gasteiger partial charge in [-0.15, -0.1) is 12.4 Å². The van der Waals surface area contributed by atoms with Crippen LogP contribution >= 0.6 is 12.4 Å². The summed E-state index contributed by atoms with van der Waals surface area (Å²) < 4.78 is 0. The Kier molecular flexibility index (Phi) is 7.48. The topological polar surface area (TPSA) is 41.1 Å². The van der Waals surface area contributed by atoms with Crippen LogP contribution in [0.2, 0.25) is 0 Å². The van der Waals surface area contributed by atoms with E-state index in [1.165, 1.54) is 35.1 Å². The number of benzene rings is 2. The highest BCUT2D eigenvalue weighted by molar-refractivity contribution is 5.85. The number of carbonyl (C=O) groups is 1. The molecule has 0 bridgehead atoms. The van der Waals surface area contributed by atoms with E-state index in [0.717, 1.165) is 25.1 Å². The van der Waals surface area contributed by atoms with Crippen LogP contribution < -0.4 is 10.6 Å². The number of aryl methyl sites for hydroxylation is 1. The molecule has 0 aromatic heterocycles. The number of fused-ring (bicyclic) bond motifs is 1. The molecule has 0 unspecified atom stereocenters. The Hall–Kier alpha value is -1.84. The SMILES string of the molecule is CCCCc1ccc(CC(=O)NCc2ccc3c(c2)CNC3)cc1.Cl. The van der Waals surface area contributed by atoms with Gasteiger partial charge in [0.25, 0.3) is 0 Å². The summed E-state index contributed by atoms with van der Waals surface area (Å²) in [6.45, 7) is 4.69. The molecule has 25 heavy (non-hydrogen) atoms. The molecular formula is C21H27ClN2O. The van der Waals surface area contributed by atoms with Crippen LogP contribution in [0.3, 0.4) is 0 Å². The van der Waals surface area contributed by atoms with Gasteiger partial charge in [0.05, 0.1) is 6.42 Å². The normalized spacial score (nSPS) is 12.4. The van der Waals surface area contributed by atoms with Crippen LogP contribution in [-0.4, -0.2) is 5.91 Å². The Bertz CT molecular complexity index is 698. The van der Waals surface area contributed by atoms with E-state index in [1.807, 2.05) is 0 Å². The monoisotopic (exact) mass is 358 g/mol. The van der Waals surface area contributed by atoms with Gasteiger partial charge in [0.2, 0.25) is 5.91 Å². The Balaban J connectivity index is 0.00000225. The number of halogens is 1. The van der Waals surface area contributed by atoms with Crippen LogP contribution in [0.25, 0.3) is 0 Å². The fraction of sp³-hybridized carbons (Fsp3) is 0.381. The van der Waals surface area contributed by atoms with E-state index in [9.17, 15) is 4.79 Å². The first-order valence-corrected chi connectivity index (χ1v) is 8.90. The predicted octanol–water partition coefficient (Wildman–Crippen LogP) is 3.91. The maximum Gasteiger partial charge on any atom is 0.224 e. The molecule has 3 nitrogen and oxygen atoms in total. The van der Waals surface area contributed by atoms with Gasteiger partial charge in [-0.1, -0.05) is 55.8 Å². The molecule has 1 aliphatic rings. The Labute approximate surface area is 156 Å². The first-order chi connectivity index (χ1) is 11.7. The lowest BCUT2D eigenvalue weighted by atomic mass is 10.0. The lowest BCUT2D eigenvalue weighted by Crippen LogP contribution is -2.24. The van der Waals surface area contributed by atoms with Crippen molar-refractivity contribution < 1.29 is 4.79 Å². The molecule has 1 heterocycles. The third-order valence-corrected chi connectivity index (χ3v) is 4.60. The average molecular weight is 359 g/mol. The molecule has 134 valence electrons. The second-order valence-electron chi connectivity index (χ2n) is 6.58. The lowest BCUT2D eigenvalue weighted by molar-refractivity contribution is -0.120. The number of carbonyl (C=O) groups excluding carboxylic acids is 1. The quantitative estimate of drug-likeness (QED) is 0.787. The summed E-state index contributed by atoms with van der Waals surface area (Å²) in [6, 6.07) is 14.9. The minimum atomic E-state index is 0. The van der Waals surface area contributed by atoms with E-state index in [0.29, 0.717) is 13.0 Å². The van der Waals surface area contributed by atoms with Crippen LogP contribution in [0.5, 0.6) is 0 Å². The van der Waals surface area contributed by atoms with Gasteiger partial charge in [0.1, 0.15) is 0 Å². The standard InChI is InChI=1S/C21H26N2O.ClH/c1-2-3-4-16-5-7-17(8-6-16)12-21(24)23-13-18-9-10-19-14-22-15-20(19)11-18;/h5-11,22H,2-4,12-15H2,1H3,(H,23,24);1H. The molecule has 2 aromatic carbocycles. The first kappa shape index (κ1) is 19.5. The summed E-state index contributed by atoms with van der Waals surface area (Å²) in [5.41, 5.74) is 6.32. The summed E-state index contributed by atoms with van der Waals surface area (Å²) in [6.07, 6.45) is 4.00. The highest BCUT2D eigenvalue weighted by atomic mass is 35.5. The van der Waals surface area contributed by atoms with Gasteiger partial charge in [-0.3, -0.25) is 4.79 Å². The van der Waals surface area contributed by atoms with Crippen LogP contribution in [0, 0.1) is 0 Å². The second-order valence-corrected chi connectivity index (χ2v) is 6.58. The zero-order valence-corrected chi connectivity index (χ0v) is 15.6. The van der Waals surface area contributed by atoms with Gasteiger partial charge in [0, 0.05) is 19.6 Å². The van der Waals surface area contributed by atoms with Crippen molar-refractivity contribution in [2.24, 2.45) is 0 Å². The van der Waals surface area contributed by atoms with Gasteiger partial charge in [-0.2, -0.15) is 0 Å². The highest BCUT2D eigenvalue weighted by Gasteiger charge is 2.10. The van der Waals surface area contributed by atoms with Gasteiger partial charge in [-0.05, 0) is 40.7 Å². The van der Waals surface area contributed by atoms with Crippen molar-refractivity contribution in [1.29, 1.82) is 0 Å². The van der Waals surface area contributed by atoms with Crippen molar-refractivity contribution >= 4 is 18.3 Å². The van der Waals surface area contributed by atoms with E-state index >= 15 is 0 Å². The molecule has 1 aliphatic heterocycles. The van der Waals surface area contributed by atoms with E-state index in [4.69, 9.17) is 0 Å². The molecule has 4 heteroatoms. The molecule has 0 atom stereocenters. The number of rotatable bonds is 7. The maximum atomic E-state index is 12.2. The molecule has 0 fully saturated rings. The smallest absolute Gasteiger partial charge is 0.224 e. The summed E-state index contributed by atoms with van der Waals surface area (Å²) in [5, 5.41) is 6.37. The van der Waals surface area contributed by atoms with E-state index in [-0.39, 0.29) is 18.3 Å². The third-order valence-electron chi connectivity index (χ3n) is 4.60. The van der Waals surface area contributed by atoms with Crippen molar-refractivity contribution in [2.75, 3.05) is 0 Å². The molecule has 0 aliphatic carbocycles. The van der Waals surface area contributed by atoms with Crippen LogP contribution in [0.15, 0.2) is 42.5 Å². The molecule has 2 N–H and O–H groups in total. The number of hydrogen-bond donors (Lipinski definition) is 2. The molecule has 0 saturated heterocycles. The molecule has 3 rings (SSSR count). The van der Waals surface area contributed by atoms with Crippen LogP contribution in [-0.2, 0) is 37.3 Å². The Morgan fingerprint density at radius 1 is 1.00 bits per heavy atom. The minimum absolute atomic E-state index is 0. The van der Waals surface area contributed by atoms with Crippen LogP contribution in [0.4, 0.5) is 0 Å². The lowest BCUT2D eigenvalue weighted by Gasteiger charge is -2.08. The van der Waals surface area contributed by atoms with E-state index < -0.39 is 0 Å². The van der Waals surface area contributed by atoms with Crippen molar-refractivity contribution in [3.8, 4) is 0 Å².